The molecule has 1 heterocycles. The van der Waals surface area contributed by atoms with Gasteiger partial charge in [-0.05, 0) is 42.6 Å². The summed E-state index contributed by atoms with van der Waals surface area (Å²) in [6.07, 6.45) is 0.941. The maximum absolute atomic E-state index is 13.4. The molecule has 2 N–H and O–H groups in total. The summed E-state index contributed by atoms with van der Waals surface area (Å²) in [6, 6.07) is 14.2. The average Bonchev–Trinajstić information content (AvgIpc) is 3.12. The van der Waals surface area contributed by atoms with Crippen molar-refractivity contribution < 1.29 is 9.18 Å². The minimum atomic E-state index is -0.459. The largest absolute Gasteiger partial charge is 0.341 e. The second-order valence-corrected chi connectivity index (χ2v) is 7.74. The highest BCUT2D eigenvalue weighted by molar-refractivity contribution is 8.00. The van der Waals surface area contributed by atoms with Gasteiger partial charge in [0.15, 0.2) is 0 Å². The number of carbonyl (C=O) groups is 1. The van der Waals surface area contributed by atoms with Crippen LogP contribution in [0, 0.1) is 11.7 Å². The van der Waals surface area contributed by atoms with Gasteiger partial charge in [0.25, 0.3) is 0 Å². The van der Waals surface area contributed by atoms with E-state index in [-0.39, 0.29) is 28.6 Å². The van der Waals surface area contributed by atoms with Crippen molar-refractivity contribution >= 4 is 41.7 Å². The Bertz CT molecular complexity index is 748. The summed E-state index contributed by atoms with van der Waals surface area (Å²) in [4.78, 5) is 15.8. The van der Waals surface area contributed by atoms with Crippen molar-refractivity contribution in [2.24, 2.45) is 11.7 Å². The van der Waals surface area contributed by atoms with Crippen LogP contribution in [0.3, 0.4) is 0 Å². The van der Waals surface area contributed by atoms with Gasteiger partial charge in [0.05, 0.1) is 5.02 Å². The smallest absolute Gasteiger partial charge is 0.240 e. The van der Waals surface area contributed by atoms with E-state index in [9.17, 15) is 9.18 Å². The Kier molecular flexibility index (Phi) is 7.77. The highest BCUT2D eigenvalue weighted by atomic mass is 35.5. The van der Waals surface area contributed by atoms with Crippen molar-refractivity contribution in [2.45, 2.75) is 16.6 Å². The monoisotopic (exact) mass is 414 g/mol. The lowest BCUT2D eigenvalue weighted by Gasteiger charge is -2.24. The van der Waals surface area contributed by atoms with Gasteiger partial charge in [-0.25, -0.2) is 4.39 Å². The molecule has 1 amide bonds. The number of hydrogen-bond donors (Lipinski definition) is 1. The summed E-state index contributed by atoms with van der Waals surface area (Å²) in [5.41, 5.74) is 6.67. The van der Waals surface area contributed by atoms with E-state index in [1.54, 1.807) is 12.1 Å². The van der Waals surface area contributed by atoms with Crippen molar-refractivity contribution in [3.63, 3.8) is 0 Å². The Balaban J connectivity index is 0.00000243. The van der Waals surface area contributed by atoms with E-state index in [0.717, 1.165) is 23.4 Å². The van der Waals surface area contributed by atoms with E-state index < -0.39 is 5.82 Å². The number of halogens is 3. The van der Waals surface area contributed by atoms with Gasteiger partial charge >= 0.3 is 0 Å². The molecule has 0 spiro atoms. The first-order valence-corrected chi connectivity index (χ1v) is 9.49. The number of thioether (sulfide) groups is 1. The quantitative estimate of drug-likeness (QED) is 0.730. The van der Waals surface area contributed by atoms with Gasteiger partial charge in [0, 0.05) is 18.0 Å². The first-order chi connectivity index (χ1) is 12.1. The van der Waals surface area contributed by atoms with Crippen molar-refractivity contribution in [1.82, 2.24) is 4.90 Å². The molecule has 2 aromatic rings. The zero-order valence-electron chi connectivity index (χ0n) is 14.1. The number of rotatable bonds is 5. The van der Waals surface area contributed by atoms with Crippen LogP contribution in [0.1, 0.15) is 17.2 Å². The molecule has 2 atom stereocenters. The Labute approximate surface area is 168 Å². The van der Waals surface area contributed by atoms with Crippen LogP contribution < -0.4 is 5.73 Å². The van der Waals surface area contributed by atoms with Crippen molar-refractivity contribution in [3.05, 3.63) is 64.9 Å². The lowest BCUT2D eigenvalue weighted by atomic mass is 10.1. The van der Waals surface area contributed by atoms with E-state index in [4.69, 9.17) is 17.3 Å². The topological polar surface area (TPSA) is 46.3 Å². The maximum Gasteiger partial charge on any atom is 0.240 e. The number of amides is 1. The standard InChI is InChI=1S/C19H20ClFN2OS.ClH/c20-16-10-15(6-7-17(16)21)25-18(14-4-2-1-3-5-14)19(24)23-9-8-13(11-22)12-23;/h1-7,10,13,18H,8-9,11-12,22H2;1H. The Hall–Kier alpha value is -1.27. The SMILES string of the molecule is Cl.NCC1CCN(C(=O)C(Sc2ccc(F)c(Cl)c2)c2ccccc2)C1. The van der Waals surface area contributed by atoms with Crippen LogP contribution in [-0.4, -0.2) is 30.4 Å². The number of hydrogen-bond acceptors (Lipinski definition) is 3. The number of likely N-dealkylation sites (tertiary alicyclic amines) is 1. The summed E-state index contributed by atoms with van der Waals surface area (Å²) in [6.45, 7) is 2.03. The molecule has 7 heteroatoms. The molecule has 2 unspecified atom stereocenters. The van der Waals surface area contributed by atoms with Gasteiger partial charge < -0.3 is 10.6 Å². The third kappa shape index (κ3) is 4.92. The fourth-order valence-electron chi connectivity index (χ4n) is 2.97. The molecule has 1 aliphatic heterocycles. The molecule has 0 radical (unpaired) electrons. The fourth-order valence-corrected chi connectivity index (χ4v) is 4.36. The Morgan fingerprint density at radius 1 is 1.31 bits per heavy atom. The summed E-state index contributed by atoms with van der Waals surface area (Å²) < 4.78 is 13.4. The van der Waals surface area contributed by atoms with Gasteiger partial charge in [-0.1, -0.05) is 41.9 Å². The molecule has 1 fully saturated rings. The van der Waals surface area contributed by atoms with Crippen LogP contribution in [-0.2, 0) is 4.79 Å². The molecule has 0 saturated carbocycles. The van der Waals surface area contributed by atoms with Crippen LogP contribution >= 0.6 is 35.8 Å². The summed E-state index contributed by atoms with van der Waals surface area (Å²) >= 11 is 7.29. The van der Waals surface area contributed by atoms with Crippen LogP contribution in [0.5, 0.6) is 0 Å². The zero-order chi connectivity index (χ0) is 17.8. The predicted octanol–water partition coefficient (Wildman–Crippen LogP) is 4.54. The molecule has 0 bridgehead atoms. The number of carbonyl (C=O) groups excluding carboxylic acids is 1. The van der Waals surface area contributed by atoms with E-state index >= 15 is 0 Å². The Morgan fingerprint density at radius 2 is 2.04 bits per heavy atom. The average molecular weight is 415 g/mol. The number of benzene rings is 2. The summed E-state index contributed by atoms with van der Waals surface area (Å²) in [7, 11) is 0. The normalized spacial score (nSPS) is 17.7. The summed E-state index contributed by atoms with van der Waals surface area (Å²) in [5, 5.41) is -0.326. The lowest BCUT2D eigenvalue weighted by Crippen LogP contribution is -2.33. The van der Waals surface area contributed by atoms with Gasteiger partial charge in [0.1, 0.15) is 11.1 Å². The van der Waals surface area contributed by atoms with Crippen LogP contribution in [0.15, 0.2) is 53.4 Å². The Morgan fingerprint density at radius 3 is 2.65 bits per heavy atom. The van der Waals surface area contributed by atoms with E-state index in [1.807, 2.05) is 35.2 Å². The minimum absolute atomic E-state index is 0. The second-order valence-electron chi connectivity index (χ2n) is 6.16. The highest BCUT2D eigenvalue weighted by Gasteiger charge is 2.32. The lowest BCUT2D eigenvalue weighted by molar-refractivity contribution is -0.129. The van der Waals surface area contributed by atoms with E-state index in [0.29, 0.717) is 19.0 Å². The molecule has 0 aliphatic carbocycles. The molecule has 26 heavy (non-hydrogen) atoms. The van der Waals surface area contributed by atoms with Crippen molar-refractivity contribution in [2.75, 3.05) is 19.6 Å². The molecular weight excluding hydrogens is 394 g/mol. The van der Waals surface area contributed by atoms with Gasteiger partial charge in [-0.15, -0.1) is 24.2 Å². The molecule has 1 aliphatic rings. The predicted molar refractivity (Wildman–Crippen MR) is 107 cm³/mol. The van der Waals surface area contributed by atoms with E-state index in [1.165, 1.54) is 17.8 Å². The maximum atomic E-state index is 13.4. The van der Waals surface area contributed by atoms with Gasteiger partial charge in [-0.2, -0.15) is 0 Å². The third-order valence-electron chi connectivity index (χ3n) is 4.40. The number of nitrogens with zero attached hydrogens (tertiary/aromatic N) is 1. The molecule has 1 saturated heterocycles. The second kappa shape index (κ2) is 9.60. The fraction of sp³-hybridized carbons (Fsp3) is 0.316. The molecule has 3 nitrogen and oxygen atoms in total. The van der Waals surface area contributed by atoms with Crippen molar-refractivity contribution in [3.8, 4) is 0 Å². The zero-order valence-corrected chi connectivity index (χ0v) is 16.5. The number of nitrogens with two attached hydrogens (primary N) is 1. The van der Waals surface area contributed by atoms with Crippen LogP contribution in [0.2, 0.25) is 5.02 Å². The molecule has 2 aromatic carbocycles. The molecule has 0 aromatic heterocycles. The van der Waals surface area contributed by atoms with E-state index in [2.05, 4.69) is 0 Å². The molecular formula is C19H21Cl2FN2OS. The summed E-state index contributed by atoms with van der Waals surface area (Å²) in [5.74, 6) is -0.0304. The van der Waals surface area contributed by atoms with Crippen LogP contribution in [0.25, 0.3) is 0 Å². The van der Waals surface area contributed by atoms with Gasteiger partial charge in [-0.3, -0.25) is 4.79 Å². The molecule has 3 rings (SSSR count). The first kappa shape index (κ1) is 21.0. The first-order valence-electron chi connectivity index (χ1n) is 8.24. The highest BCUT2D eigenvalue weighted by Crippen LogP contribution is 2.38. The molecule has 140 valence electrons. The third-order valence-corrected chi connectivity index (χ3v) is 5.93. The van der Waals surface area contributed by atoms with Gasteiger partial charge in [0.2, 0.25) is 5.91 Å². The van der Waals surface area contributed by atoms with Crippen LogP contribution in [0.4, 0.5) is 4.39 Å². The van der Waals surface area contributed by atoms with Crippen molar-refractivity contribution in [1.29, 1.82) is 0 Å². The minimum Gasteiger partial charge on any atom is -0.341 e.